The van der Waals surface area contributed by atoms with E-state index in [1.54, 1.807) is 37.6 Å². The van der Waals surface area contributed by atoms with Gasteiger partial charge in [-0.05, 0) is 24.3 Å². The highest BCUT2D eigenvalue weighted by molar-refractivity contribution is 5.94. The van der Waals surface area contributed by atoms with Crippen LogP contribution in [0.15, 0.2) is 42.9 Å². The van der Waals surface area contributed by atoms with Crippen molar-refractivity contribution in [2.45, 2.75) is 13.3 Å². The molecule has 1 amide bonds. The first-order valence-electron chi connectivity index (χ1n) is 9.52. The van der Waals surface area contributed by atoms with Crippen molar-refractivity contribution in [1.29, 1.82) is 5.26 Å². The van der Waals surface area contributed by atoms with Crippen LogP contribution in [0.2, 0.25) is 0 Å². The Morgan fingerprint density at radius 1 is 1.13 bits per heavy atom. The van der Waals surface area contributed by atoms with Crippen molar-refractivity contribution >= 4 is 33.9 Å². The molecule has 0 bridgehead atoms. The number of hydrogen-bond acceptors (Lipinski definition) is 7. The summed E-state index contributed by atoms with van der Waals surface area (Å²) in [5, 5.41) is 20.0. The number of nitriles is 1. The Hall–Kier alpha value is -4.65. The monoisotopic (exact) mass is 409 g/mol. The van der Waals surface area contributed by atoms with Gasteiger partial charge in [0.25, 0.3) is 0 Å². The van der Waals surface area contributed by atoms with Crippen molar-refractivity contribution in [3.05, 3.63) is 48.4 Å². The van der Waals surface area contributed by atoms with E-state index in [-0.39, 0.29) is 5.91 Å². The van der Waals surface area contributed by atoms with E-state index in [0.29, 0.717) is 46.1 Å². The van der Waals surface area contributed by atoms with Crippen LogP contribution in [0, 0.1) is 11.3 Å². The van der Waals surface area contributed by atoms with Crippen LogP contribution in [0.5, 0.6) is 0 Å². The maximum atomic E-state index is 11.5. The SMILES string of the molecule is CCC(=O)Nc1ccc(-c2cnc3n[nH]c(-c4nc5nccc(C#N)c5[nH]4)c3c2)cn1. The largest absolute Gasteiger partial charge is 0.334 e. The normalized spacial score (nSPS) is 11.0. The Morgan fingerprint density at radius 3 is 2.77 bits per heavy atom. The number of fused-ring (bicyclic) bond motifs is 2. The van der Waals surface area contributed by atoms with Crippen LogP contribution in [-0.2, 0) is 4.79 Å². The average Bonchev–Trinajstić information content (AvgIpc) is 3.42. The van der Waals surface area contributed by atoms with Gasteiger partial charge in [0.1, 0.15) is 23.1 Å². The van der Waals surface area contributed by atoms with Crippen LogP contribution in [0.25, 0.3) is 44.8 Å². The summed E-state index contributed by atoms with van der Waals surface area (Å²) >= 11 is 0. The lowest BCUT2D eigenvalue weighted by Crippen LogP contribution is -2.10. The van der Waals surface area contributed by atoms with Crippen LogP contribution in [0.4, 0.5) is 5.82 Å². The molecule has 10 nitrogen and oxygen atoms in total. The summed E-state index contributed by atoms with van der Waals surface area (Å²) in [5.41, 5.74) is 4.35. The summed E-state index contributed by atoms with van der Waals surface area (Å²) in [7, 11) is 0. The van der Waals surface area contributed by atoms with Gasteiger partial charge in [0, 0.05) is 36.1 Å². The molecule has 5 rings (SSSR count). The number of carbonyl (C=O) groups is 1. The highest BCUT2D eigenvalue weighted by atomic mass is 16.1. The van der Waals surface area contributed by atoms with Gasteiger partial charge in [0.2, 0.25) is 5.91 Å². The molecule has 0 saturated carbocycles. The van der Waals surface area contributed by atoms with Gasteiger partial charge in [-0.2, -0.15) is 10.4 Å². The van der Waals surface area contributed by atoms with Gasteiger partial charge in [0.15, 0.2) is 17.1 Å². The Balaban J connectivity index is 1.55. The maximum Gasteiger partial charge on any atom is 0.225 e. The molecule has 3 N–H and O–H groups in total. The second-order valence-electron chi connectivity index (χ2n) is 6.78. The van der Waals surface area contributed by atoms with E-state index in [2.05, 4.69) is 46.5 Å². The molecular formula is C21H15N9O. The Morgan fingerprint density at radius 2 is 2.00 bits per heavy atom. The number of amides is 1. The van der Waals surface area contributed by atoms with Crippen LogP contribution >= 0.6 is 0 Å². The lowest BCUT2D eigenvalue weighted by molar-refractivity contribution is -0.115. The van der Waals surface area contributed by atoms with E-state index >= 15 is 0 Å². The number of hydrogen-bond donors (Lipinski definition) is 3. The minimum atomic E-state index is -0.0914. The Kier molecular flexibility index (Phi) is 4.33. The number of pyridine rings is 3. The molecule has 0 aliphatic rings. The summed E-state index contributed by atoms with van der Waals surface area (Å²) in [4.78, 5) is 32.1. The van der Waals surface area contributed by atoms with Crippen molar-refractivity contribution in [1.82, 2.24) is 35.1 Å². The molecule has 0 atom stereocenters. The number of rotatable bonds is 4. The van der Waals surface area contributed by atoms with E-state index in [1.807, 2.05) is 12.1 Å². The van der Waals surface area contributed by atoms with Gasteiger partial charge in [-0.25, -0.2) is 19.9 Å². The summed E-state index contributed by atoms with van der Waals surface area (Å²) in [6, 6.07) is 9.32. The first-order valence-corrected chi connectivity index (χ1v) is 9.52. The number of imidazole rings is 1. The zero-order chi connectivity index (χ0) is 21.4. The minimum absolute atomic E-state index is 0.0914. The van der Waals surface area contributed by atoms with Gasteiger partial charge >= 0.3 is 0 Å². The number of aromatic amines is 2. The fourth-order valence-corrected chi connectivity index (χ4v) is 3.23. The zero-order valence-electron chi connectivity index (χ0n) is 16.3. The van der Waals surface area contributed by atoms with Gasteiger partial charge in [-0.1, -0.05) is 6.92 Å². The number of aromatic nitrogens is 7. The summed E-state index contributed by atoms with van der Waals surface area (Å²) in [6.45, 7) is 1.78. The van der Waals surface area contributed by atoms with E-state index < -0.39 is 0 Å². The first kappa shape index (κ1) is 18.4. The molecule has 0 radical (unpaired) electrons. The highest BCUT2D eigenvalue weighted by Crippen LogP contribution is 2.29. The van der Waals surface area contributed by atoms with Crippen LogP contribution < -0.4 is 5.32 Å². The molecule has 150 valence electrons. The van der Waals surface area contributed by atoms with Gasteiger partial charge < -0.3 is 10.3 Å². The van der Waals surface area contributed by atoms with Crippen LogP contribution in [-0.4, -0.2) is 41.0 Å². The van der Waals surface area contributed by atoms with Crippen molar-refractivity contribution < 1.29 is 4.79 Å². The molecule has 31 heavy (non-hydrogen) atoms. The first-order chi connectivity index (χ1) is 15.2. The fraction of sp³-hybridized carbons (Fsp3) is 0.0952. The smallest absolute Gasteiger partial charge is 0.225 e. The number of carbonyl (C=O) groups excluding carboxylic acids is 1. The topological polar surface area (TPSA) is 149 Å². The molecular weight excluding hydrogens is 394 g/mol. The molecule has 10 heteroatoms. The molecule has 0 saturated heterocycles. The van der Waals surface area contributed by atoms with E-state index in [0.717, 1.165) is 16.5 Å². The number of nitrogens with one attached hydrogen (secondary N) is 3. The van der Waals surface area contributed by atoms with Crippen LogP contribution in [0.3, 0.4) is 0 Å². The second-order valence-corrected chi connectivity index (χ2v) is 6.78. The third-order valence-electron chi connectivity index (χ3n) is 4.84. The maximum absolute atomic E-state index is 11.5. The zero-order valence-corrected chi connectivity index (χ0v) is 16.3. The van der Waals surface area contributed by atoms with Crippen molar-refractivity contribution in [3.63, 3.8) is 0 Å². The lowest BCUT2D eigenvalue weighted by Gasteiger charge is -2.05. The molecule has 0 fully saturated rings. The Bertz CT molecular complexity index is 1470. The van der Waals surface area contributed by atoms with Gasteiger partial charge in [-0.3, -0.25) is 9.89 Å². The predicted molar refractivity (Wildman–Crippen MR) is 114 cm³/mol. The lowest BCUT2D eigenvalue weighted by atomic mass is 10.1. The summed E-state index contributed by atoms with van der Waals surface area (Å²) in [6.07, 6.45) is 5.33. The molecule has 0 unspecified atom stereocenters. The standard InChI is InChI=1S/C21H15N9O/c1-2-16(31)26-15-4-3-12(9-24-15)13-7-14-18(29-30-19(14)25-10-13)21-27-17-11(8-22)5-6-23-20(17)28-21/h3-7,9-10H,2H2,1H3,(H,23,27,28)(H,24,26,31)(H,25,29,30). The molecule has 5 aromatic heterocycles. The van der Waals surface area contributed by atoms with Crippen molar-refractivity contribution in [3.8, 4) is 28.7 Å². The molecule has 5 aromatic rings. The summed E-state index contributed by atoms with van der Waals surface area (Å²) < 4.78 is 0. The van der Waals surface area contributed by atoms with E-state index in [4.69, 9.17) is 0 Å². The van der Waals surface area contributed by atoms with E-state index in [1.165, 1.54) is 0 Å². The van der Waals surface area contributed by atoms with Crippen molar-refractivity contribution in [2.75, 3.05) is 5.32 Å². The van der Waals surface area contributed by atoms with E-state index in [9.17, 15) is 10.1 Å². The summed E-state index contributed by atoms with van der Waals surface area (Å²) in [5.74, 6) is 0.922. The second kappa shape index (κ2) is 7.31. The van der Waals surface area contributed by atoms with Gasteiger partial charge in [0.05, 0.1) is 10.9 Å². The molecule has 0 spiro atoms. The highest BCUT2D eigenvalue weighted by Gasteiger charge is 2.16. The third kappa shape index (κ3) is 3.24. The molecule has 0 aromatic carbocycles. The Labute approximate surface area is 175 Å². The average molecular weight is 409 g/mol. The van der Waals surface area contributed by atoms with Crippen LogP contribution in [0.1, 0.15) is 18.9 Å². The molecule has 0 aliphatic carbocycles. The number of anilines is 1. The number of H-pyrrole nitrogens is 2. The number of nitrogens with zero attached hydrogens (tertiary/aromatic N) is 6. The predicted octanol–water partition coefficient (Wildman–Crippen LogP) is 3.18. The van der Waals surface area contributed by atoms with Gasteiger partial charge in [-0.15, -0.1) is 0 Å². The van der Waals surface area contributed by atoms with Crippen molar-refractivity contribution in [2.24, 2.45) is 0 Å². The quantitative estimate of drug-likeness (QED) is 0.413. The molecule has 0 aliphatic heterocycles. The third-order valence-corrected chi connectivity index (χ3v) is 4.84. The minimum Gasteiger partial charge on any atom is -0.334 e. The molecule has 5 heterocycles. The fourth-order valence-electron chi connectivity index (χ4n) is 3.23.